The molecule has 21 heavy (non-hydrogen) atoms. The number of carboxylic acids is 1. The highest BCUT2D eigenvalue weighted by Crippen LogP contribution is 2.40. The first-order valence-electron chi connectivity index (χ1n) is 8.19. The molecular formula is C16H30N2O3. The molecule has 0 bridgehead atoms. The van der Waals surface area contributed by atoms with Crippen molar-refractivity contribution >= 4 is 12.0 Å². The van der Waals surface area contributed by atoms with Crippen molar-refractivity contribution in [1.82, 2.24) is 10.6 Å². The largest absolute Gasteiger partial charge is 0.481 e. The number of hydrogen-bond acceptors (Lipinski definition) is 2. The van der Waals surface area contributed by atoms with Gasteiger partial charge in [0.2, 0.25) is 0 Å². The molecular weight excluding hydrogens is 268 g/mol. The number of nitrogens with one attached hydrogen (secondary N) is 2. The number of hydrogen-bond donors (Lipinski definition) is 3. The second-order valence-corrected chi connectivity index (χ2v) is 6.39. The minimum absolute atomic E-state index is 0.181. The van der Waals surface area contributed by atoms with E-state index in [9.17, 15) is 14.7 Å². The predicted molar refractivity (Wildman–Crippen MR) is 83.2 cm³/mol. The summed E-state index contributed by atoms with van der Waals surface area (Å²) in [7, 11) is 0. The minimum atomic E-state index is -0.854. The van der Waals surface area contributed by atoms with E-state index in [1.165, 1.54) is 25.7 Å². The van der Waals surface area contributed by atoms with E-state index in [1.807, 2.05) is 13.8 Å². The van der Waals surface area contributed by atoms with Gasteiger partial charge in [0.15, 0.2) is 0 Å². The van der Waals surface area contributed by atoms with Gasteiger partial charge >= 0.3 is 12.0 Å². The zero-order chi connectivity index (χ0) is 15.9. The molecule has 0 unspecified atom stereocenters. The normalized spacial score (nSPS) is 17.5. The molecule has 5 nitrogen and oxygen atoms in total. The van der Waals surface area contributed by atoms with Gasteiger partial charge in [-0.15, -0.1) is 0 Å². The smallest absolute Gasteiger partial charge is 0.314 e. The Balaban J connectivity index is 2.45. The summed E-state index contributed by atoms with van der Waals surface area (Å²) in [5.74, 6) is -0.839. The molecule has 1 rings (SSSR count). The van der Waals surface area contributed by atoms with Crippen molar-refractivity contribution in [2.24, 2.45) is 10.8 Å². The quantitative estimate of drug-likeness (QED) is 0.644. The van der Waals surface area contributed by atoms with Crippen LogP contribution in [0.2, 0.25) is 0 Å². The van der Waals surface area contributed by atoms with Crippen LogP contribution < -0.4 is 10.6 Å². The Morgan fingerprint density at radius 1 is 1.10 bits per heavy atom. The van der Waals surface area contributed by atoms with Gasteiger partial charge in [0.1, 0.15) is 0 Å². The summed E-state index contributed by atoms with van der Waals surface area (Å²) in [4.78, 5) is 23.3. The topological polar surface area (TPSA) is 78.4 Å². The number of amides is 2. The van der Waals surface area contributed by atoms with E-state index in [1.54, 1.807) is 0 Å². The van der Waals surface area contributed by atoms with E-state index >= 15 is 0 Å². The number of carbonyl (C=O) groups is 2. The third-order valence-corrected chi connectivity index (χ3v) is 5.43. The van der Waals surface area contributed by atoms with Gasteiger partial charge in [0, 0.05) is 13.1 Å². The monoisotopic (exact) mass is 298 g/mol. The SMILES string of the molecule is CCC1(CNC(=O)NCC(CC)(CC)C(=O)O)CCCC1. The predicted octanol–water partition coefficient (Wildman–Crippen LogP) is 3.15. The molecule has 1 fully saturated rings. The van der Waals surface area contributed by atoms with Crippen LogP contribution in [0.4, 0.5) is 4.79 Å². The van der Waals surface area contributed by atoms with E-state index in [2.05, 4.69) is 17.6 Å². The fraction of sp³-hybridized carbons (Fsp3) is 0.875. The van der Waals surface area contributed by atoms with Gasteiger partial charge in [-0.25, -0.2) is 4.79 Å². The lowest BCUT2D eigenvalue weighted by atomic mass is 9.82. The molecule has 0 spiro atoms. The molecule has 0 atom stereocenters. The van der Waals surface area contributed by atoms with Gasteiger partial charge in [-0.05, 0) is 37.5 Å². The maximum Gasteiger partial charge on any atom is 0.314 e. The van der Waals surface area contributed by atoms with Crippen LogP contribution in [-0.2, 0) is 4.79 Å². The van der Waals surface area contributed by atoms with E-state index in [0.717, 1.165) is 6.42 Å². The van der Waals surface area contributed by atoms with Gasteiger partial charge in [-0.3, -0.25) is 4.79 Å². The molecule has 0 radical (unpaired) electrons. The zero-order valence-electron chi connectivity index (χ0n) is 13.6. The van der Waals surface area contributed by atoms with Crippen LogP contribution in [-0.4, -0.2) is 30.2 Å². The lowest BCUT2D eigenvalue weighted by Crippen LogP contribution is -2.47. The first-order chi connectivity index (χ1) is 9.93. The molecule has 0 aliphatic heterocycles. The Bertz CT molecular complexity index is 359. The Labute approximate surface area is 127 Å². The van der Waals surface area contributed by atoms with Crippen molar-refractivity contribution in [3.05, 3.63) is 0 Å². The number of carbonyl (C=O) groups excluding carboxylic acids is 1. The lowest BCUT2D eigenvalue weighted by molar-refractivity contribution is -0.149. The molecule has 0 saturated heterocycles. The van der Waals surface area contributed by atoms with Gasteiger partial charge in [0.25, 0.3) is 0 Å². The first kappa shape index (κ1) is 17.8. The van der Waals surface area contributed by atoms with Crippen molar-refractivity contribution < 1.29 is 14.7 Å². The highest BCUT2D eigenvalue weighted by Gasteiger charge is 2.36. The molecule has 0 aromatic heterocycles. The maximum atomic E-state index is 11.9. The van der Waals surface area contributed by atoms with E-state index in [0.29, 0.717) is 19.4 Å². The Kier molecular flexibility index (Phi) is 6.49. The fourth-order valence-electron chi connectivity index (χ4n) is 3.24. The fourth-order valence-corrected chi connectivity index (χ4v) is 3.24. The van der Waals surface area contributed by atoms with Crippen LogP contribution in [0.15, 0.2) is 0 Å². The van der Waals surface area contributed by atoms with Crippen LogP contribution in [0.1, 0.15) is 65.7 Å². The lowest BCUT2D eigenvalue weighted by Gasteiger charge is -2.29. The third kappa shape index (κ3) is 4.35. The van der Waals surface area contributed by atoms with Crippen molar-refractivity contribution in [3.63, 3.8) is 0 Å². The second kappa shape index (κ2) is 7.66. The average molecular weight is 298 g/mol. The number of aliphatic carboxylic acids is 1. The Hall–Kier alpha value is -1.26. The van der Waals surface area contributed by atoms with Crippen LogP contribution in [0.25, 0.3) is 0 Å². The average Bonchev–Trinajstić information content (AvgIpc) is 2.96. The number of rotatable bonds is 8. The maximum absolute atomic E-state index is 11.9. The van der Waals surface area contributed by atoms with Crippen LogP contribution in [0, 0.1) is 10.8 Å². The van der Waals surface area contributed by atoms with Gasteiger partial charge in [-0.1, -0.05) is 33.6 Å². The number of carboxylic acid groups (broad SMARTS) is 1. The molecule has 1 aliphatic rings. The minimum Gasteiger partial charge on any atom is -0.481 e. The van der Waals surface area contributed by atoms with Crippen LogP contribution >= 0.6 is 0 Å². The van der Waals surface area contributed by atoms with Crippen molar-refractivity contribution in [2.75, 3.05) is 13.1 Å². The zero-order valence-corrected chi connectivity index (χ0v) is 13.6. The second-order valence-electron chi connectivity index (χ2n) is 6.39. The summed E-state index contributed by atoms with van der Waals surface area (Å²) in [6.45, 7) is 6.74. The van der Waals surface area contributed by atoms with Crippen molar-refractivity contribution in [2.45, 2.75) is 65.7 Å². The molecule has 3 N–H and O–H groups in total. The molecule has 0 heterocycles. The molecule has 5 heteroatoms. The van der Waals surface area contributed by atoms with Crippen LogP contribution in [0.5, 0.6) is 0 Å². The highest BCUT2D eigenvalue weighted by atomic mass is 16.4. The number of urea groups is 1. The van der Waals surface area contributed by atoms with Crippen molar-refractivity contribution in [3.8, 4) is 0 Å². The van der Waals surface area contributed by atoms with Gasteiger partial charge < -0.3 is 15.7 Å². The molecule has 0 aromatic carbocycles. The molecule has 2 amide bonds. The molecule has 1 aliphatic carbocycles. The summed E-state index contributed by atoms with van der Waals surface area (Å²) in [6, 6.07) is -0.248. The van der Waals surface area contributed by atoms with E-state index in [4.69, 9.17) is 0 Å². The molecule has 1 saturated carbocycles. The molecule has 122 valence electrons. The summed E-state index contributed by atoms with van der Waals surface area (Å²) in [5, 5.41) is 15.0. The Morgan fingerprint density at radius 2 is 1.67 bits per heavy atom. The third-order valence-electron chi connectivity index (χ3n) is 5.43. The summed E-state index contributed by atoms with van der Waals surface area (Å²) in [5.41, 5.74) is -0.607. The van der Waals surface area contributed by atoms with Gasteiger partial charge in [-0.2, -0.15) is 0 Å². The first-order valence-corrected chi connectivity index (χ1v) is 8.19. The van der Waals surface area contributed by atoms with Crippen molar-refractivity contribution in [1.29, 1.82) is 0 Å². The highest BCUT2D eigenvalue weighted by molar-refractivity contribution is 5.78. The van der Waals surface area contributed by atoms with E-state index in [-0.39, 0.29) is 18.0 Å². The van der Waals surface area contributed by atoms with E-state index < -0.39 is 11.4 Å². The molecule has 0 aromatic rings. The van der Waals surface area contributed by atoms with Crippen LogP contribution in [0.3, 0.4) is 0 Å². The Morgan fingerprint density at radius 3 is 2.10 bits per heavy atom. The summed E-state index contributed by atoms with van der Waals surface area (Å²) >= 11 is 0. The standard InChI is InChI=1S/C16H30N2O3/c1-4-15(9-7-8-10-15)11-17-14(21)18-12-16(5-2,6-3)13(19)20/h4-12H2,1-3H3,(H,19,20)(H2,17,18,21). The van der Waals surface area contributed by atoms with Gasteiger partial charge in [0.05, 0.1) is 5.41 Å². The summed E-state index contributed by atoms with van der Waals surface area (Å²) in [6.07, 6.45) is 6.93. The summed E-state index contributed by atoms with van der Waals surface area (Å²) < 4.78 is 0.